The van der Waals surface area contributed by atoms with E-state index in [0.29, 0.717) is 10.0 Å². The molecule has 2 aromatic rings. The molecule has 34 heavy (non-hydrogen) atoms. The maximum absolute atomic E-state index is 6.32. The van der Waals surface area contributed by atoms with Gasteiger partial charge in [-0.15, -0.1) is 0 Å². The first-order valence-electron chi connectivity index (χ1n) is 12.9. The van der Waals surface area contributed by atoms with Gasteiger partial charge in [0.1, 0.15) is 5.75 Å². The Balaban J connectivity index is 1.03. The molecule has 1 aromatic carbocycles. The molecular formula is C27H36Cl2N4O. The number of fused-ring (bicyclic) bond motifs is 1. The molecule has 1 aliphatic carbocycles. The first-order valence-corrected chi connectivity index (χ1v) is 13.6. The first-order chi connectivity index (χ1) is 16.7. The Morgan fingerprint density at radius 3 is 2.44 bits per heavy atom. The summed E-state index contributed by atoms with van der Waals surface area (Å²) in [7, 11) is 0. The maximum Gasteiger partial charge on any atom is 0.119 e. The van der Waals surface area contributed by atoms with Crippen molar-refractivity contribution in [1.82, 2.24) is 14.8 Å². The molecule has 1 atom stereocenters. The van der Waals surface area contributed by atoms with Crippen molar-refractivity contribution in [3.8, 4) is 5.75 Å². The first kappa shape index (κ1) is 24.2. The van der Waals surface area contributed by atoms with Gasteiger partial charge in [0.15, 0.2) is 0 Å². The number of aromatic nitrogens is 1. The van der Waals surface area contributed by atoms with Gasteiger partial charge in [0.2, 0.25) is 0 Å². The zero-order valence-electron chi connectivity index (χ0n) is 20.0. The van der Waals surface area contributed by atoms with Crippen LogP contribution in [0.4, 0.5) is 5.69 Å². The van der Waals surface area contributed by atoms with Crippen LogP contribution in [0.15, 0.2) is 30.6 Å². The molecule has 2 aliphatic heterocycles. The number of hydrogen-bond donors (Lipinski definition) is 0. The summed E-state index contributed by atoms with van der Waals surface area (Å²) in [5.74, 6) is 1.85. The van der Waals surface area contributed by atoms with E-state index in [0.717, 1.165) is 63.1 Å². The average Bonchev–Trinajstić information content (AvgIpc) is 3.36. The number of anilines is 1. The summed E-state index contributed by atoms with van der Waals surface area (Å²) in [5.41, 5.74) is 3.95. The van der Waals surface area contributed by atoms with Crippen LogP contribution in [0.5, 0.6) is 5.75 Å². The Labute approximate surface area is 214 Å². The molecule has 0 radical (unpaired) electrons. The summed E-state index contributed by atoms with van der Waals surface area (Å²) in [6.45, 7) is 9.57. The second kappa shape index (κ2) is 11.5. The fourth-order valence-corrected chi connectivity index (χ4v) is 6.37. The van der Waals surface area contributed by atoms with Gasteiger partial charge in [0.25, 0.3) is 0 Å². The van der Waals surface area contributed by atoms with Crippen LogP contribution in [0.2, 0.25) is 10.0 Å². The Morgan fingerprint density at radius 1 is 0.912 bits per heavy atom. The van der Waals surface area contributed by atoms with Crippen molar-refractivity contribution in [2.45, 2.75) is 38.5 Å². The average molecular weight is 504 g/mol. The second-order valence-corrected chi connectivity index (χ2v) is 10.8. The maximum atomic E-state index is 6.32. The van der Waals surface area contributed by atoms with Crippen LogP contribution in [-0.4, -0.2) is 73.7 Å². The summed E-state index contributed by atoms with van der Waals surface area (Å²) in [6, 6.07) is 6.79. The van der Waals surface area contributed by atoms with Crippen molar-refractivity contribution in [2.24, 2.45) is 5.92 Å². The lowest BCUT2D eigenvalue weighted by molar-refractivity contribution is 0.224. The number of nitrogens with zero attached hydrogens (tertiary/aromatic N) is 4. The number of likely N-dealkylation sites (tertiary alicyclic amines) is 1. The lowest BCUT2D eigenvalue weighted by atomic mass is 9.83. The van der Waals surface area contributed by atoms with Gasteiger partial charge in [-0.05, 0) is 80.8 Å². The molecule has 2 fully saturated rings. The van der Waals surface area contributed by atoms with E-state index in [1.807, 2.05) is 0 Å². The van der Waals surface area contributed by atoms with Crippen molar-refractivity contribution in [3.05, 3.63) is 51.8 Å². The number of pyridine rings is 1. The molecule has 1 unspecified atom stereocenters. The van der Waals surface area contributed by atoms with Crippen LogP contribution in [0.1, 0.15) is 36.8 Å². The van der Waals surface area contributed by atoms with Crippen LogP contribution < -0.4 is 9.64 Å². The number of halogens is 2. The van der Waals surface area contributed by atoms with Gasteiger partial charge in [-0.25, -0.2) is 0 Å². The van der Waals surface area contributed by atoms with E-state index in [1.165, 1.54) is 62.9 Å². The molecule has 3 heterocycles. The predicted octanol–water partition coefficient (Wildman–Crippen LogP) is 5.18. The minimum absolute atomic E-state index is 0.626. The highest BCUT2D eigenvalue weighted by Gasteiger charge is 2.23. The van der Waals surface area contributed by atoms with E-state index in [4.69, 9.17) is 27.9 Å². The van der Waals surface area contributed by atoms with E-state index in [2.05, 4.69) is 37.9 Å². The lowest BCUT2D eigenvalue weighted by Gasteiger charge is -2.36. The van der Waals surface area contributed by atoms with E-state index in [9.17, 15) is 0 Å². The minimum atomic E-state index is 0.626. The second-order valence-electron chi connectivity index (χ2n) is 10.0. The van der Waals surface area contributed by atoms with Gasteiger partial charge in [-0.3, -0.25) is 9.88 Å². The number of hydrogen-bond acceptors (Lipinski definition) is 5. The zero-order valence-corrected chi connectivity index (χ0v) is 21.5. The third-order valence-corrected chi connectivity index (χ3v) is 8.18. The number of rotatable bonds is 8. The Kier molecular flexibility index (Phi) is 8.16. The van der Waals surface area contributed by atoms with Crippen molar-refractivity contribution >= 4 is 28.9 Å². The standard InChI is InChI=1S/C27H36Cl2N4O/c28-25-18-30-19-26(29)27(25)33-13-11-31(12-14-33)10-3-15-34-24-7-6-22-16-21(4-5-23(22)17-24)20-32-8-1-2-9-32/h6-7,17-19,21H,1-5,8-16,20H2. The molecule has 184 valence electrons. The fourth-order valence-electron chi connectivity index (χ4n) is 5.76. The molecule has 7 heteroatoms. The molecule has 2 saturated heterocycles. The quantitative estimate of drug-likeness (QED) is 0.464. The monoisotopic (exact) mass is 502 g/mol. The van der Waals surface area contributed by atoms with Crippen molar-refractivity contribution in [3.63, 3.8) is 0 Å². The highest BCUT2D eigenvalue weighted by molar-refractivity contribution is 6.38. The largest absolute Gasteiger partial charge is 0.494 e. The van der Waals surface area contributed by atoms with Crippen LogP contribution in [-0.2, 0) is 12.8 Å². The number of ether oxygens (including phenoxy) is 1. The molecule has 0 spiro atoms. The summed E-state index contributed by atoms with van der Waals surface area (Å²) < 4.78 is 6.13. The Bertz CT molecular complexity index is 937. The van der Waals surface area contributed by atoms with Crippen molar-refractivity contribution < 1.29 is 4.74 Å². The number of aryl methyl sites for hydroxylation is 1. The van der Waals surface area contributed by atoms with E-state index >= 15 is 0 Å². The Hall–Kier alpha value is -1.53. The van der Waals surface area contributed by atoms with Gasteiger partial charge < -0.3 is 14.5 Å². The fraction of sp³-hybridized carbons (Fsp3) is 0.593. The van der Waals surface area contributed by atoms with Crippen LogP contribution >= 0.6 is 23.2 Å². The summed E-state index contributed by atoms with van der Waals surface area (Å²) in [5, 5.41) is 1.25. The summed E-state index contributed by atoms with van der Waals surface area (Å²) in [4.78, 5) is 11.5. The molecule has 0 bridgehead atoms. The zero-order chi connectivity index (χ0) is 23.3. The highest BCUT2D eigenvalue weighted by Crippen LogP contribution is 2.33. The van der Waals surface area contributed by atoms with Crippen LogP contribution in [0.25, 0.3) is 0 Å². The van der Waals surface area contributed by atoms with E-state index in [1.54, 1.807) is 12.4 Å². The van der Waals surface area contributed by atoms with Gasteiger partial charge in [0.05, 0.1) is 22.3 Å². The summed E-state index contributed by atoms with van der Waals surface area (Å²) >= 11 is 12.6. The molecule has 5 rings (SSSR count). The molecular weight excluding hydrogens is 467 g/mol. The third-order valence-electron chi connectivity index (χ3n) is 7.63. The summed E-state index contributed by atoms with van der Waals surface area (Å²) in [6.07, 6.45) is 10.9. The van der Waals surface area contributed by atoms with Crippen molar-refractivity contribution in [2.75, 3.05) is 63.9 Å². The topological polar surface area (TPSA) is 31.8 Å². The molecule has 0 N–H and O–H groups in total. The Morgan fingerprint density at radius 2 is 1.68 bits per heavy atom. The highest BCUT2D eigenvalue weighted by atomic mass is 35.5. The van der Waals surface area contributed by atoms with Gasteiger partial charge in [-0.2, -0.15) is 0 Å². The minimum Gasteiger partial charge on any atom is -0.494 e. The molecule has 5 nitrogen and oxygen atoms in total. The predicted molar refractivity (Wildman–Crippen MR) is 141 cm³/mol. The third kappa shape index (κ3) is 5.99. The number of piperazine rings is 1. The lowest BCUT2D eigenvalue weighted by Crippen LogP contribution is -2.47. The SMILES string of the molecule is Clc1cncc(Cl)c1N1CCN(CCCOc2ccc3c(c2)CCC(CN2CCCC2)C3)CC1. The van der Waals surface area contributed by atoms with E-state index in [-0.39, 0.29) is 0 Å². The van der Waals surface area contributed by atoms with Crippen molar-refractivity contribution in [1.29, 1.82) is 0 Å². The van der Waals surface area contributed by atoms with Gasteiger partial charge >= 0.3 is 0 Å². The van der Waals surface area contributed by atoms with Gasteiger partial charge in [0, 0.05) is 51.7 Å². The molecule has 1 aromatic heterocycles. The van der Waals surface area contributed by atoms with E-state index < -0.39 is 0 Å². The van der Waals surface area contributed by atoms with Gasteiger partial charge in [-0.1, -0.05) is 29.3 Å². The van der Waals surface area contributed by atoms with Crippen LogP contribution in [0, 0.1) is 5.92 Å². The van der Waals surface area contributed by atoms with Crippen LogP contribution in [0.3, 0.4) is 0 Å². The molecule has 0 saturated carbocycles. The number of benzene rings is 1. The smallest absolute Gasteiger partial charge is 0.119 e. The normalized spacial score (nSPS) is 21.6. The molecule has 0 amide bonds. The molecule has 3 aliphatic rings.